The van der Waals surface area contributed by atoms with Crippen molar-refractivity contribution in [3.63, 3.8) is 0 Å². The quantitative estimate of drug-likeness (QED) is 0.168. The number of ether oxygens (including phenoxy) is 1. The first-order valence-electron chi connectivity index (χ1n) is 5.74. The molecule has 1 aliphatic heterocycles. The second-order valence-electron chi connectivity index (χ2n) is 4.08. The molecule has 1 heterocycles. The molecule has 0 aromatic carbocycles. The van der Waals surface area contributed by atoms with Crippen LogP contribution in [0, 0.1) is 17.1 Å². The van der Waals surface area contributed by atoms with Gasteiger partial charge in [-0.25, -0.2) is 8.78 Å². The molecule has 0 radical (unpaired) electrons. The average molecular weight is 1020 g/mol. The molecule has 1 fully saturated rings. The van der Waals surface area contributed by atoms with Crippen molar-refractivity contribution >= 4 is 86.4 Å². The zero-order chi connectivity index (χ0) is 20.8. The summed E-state index contributed by atoms with van der Waals surface area (Å²) in [5.74, 6) is 7.24. The van der Waals surface area contributed by atoms with Gasteiger partial charge in [-0.15, -0.1) is 0 Å². The minimum Gasteiger partial charge on any atom is -1.00 e. The van der Waals surface area contributed by atoms with E-state index in [1.165, 1.54) is 0 Å². The fourth-order valence-electron chi connectivity index (χ4n) is 1.44. The molecule has 0 amide bonds. The number of nitrogens with zero attached hydrogens (tertiary/aromatic N) is 1. The number of halogens is 6. The van der Waals surface area contributed by atoms with E-state index in [1.54, 1.807) is 0 Å². The summed E-state index contributed by atoms with van der Waals surface area (Å²) in [5, 5.41) is 14.1. The molecule has 176 valence electrons. The summed E-state index contributed by atoms with van der Waals surface area (Å²) >= 11 is 9.93. The van der Waals surface area contributed by atoms with Crippen molar-refractivity contribution in [2.75, 3.05) is 26.8 Å². The molecular weight excluding hydrogens is 996 g/mol. The molecule has 1 rings (SSSR count). The van der Waals surface area contributed by atoms with Crippen LogP contribution in [0.5, 0.6) is 0 Å². The van der Waals surface area contributed by atoms with Gasteiger partial charge in [-0.3, -0.25) is 11.7 Å². The minimum atomic E-state index is -1.67. The van der Waals surface area contributed by atoms with E-state index in [1.807, 2.05) is 14.1 Å². The molecule has 28 heavy (non-hydrogen) atoms. The molecule has 0 aromatic rings. The van der Waals surface area contributed by atoms with Gasteiger partial charge < -0.3 is 68.6 Å². The monoisotopic (exact) mass is 1020 g/mol. The summed E-state index contributed by atoms with van der Waals surface area (Å²) in [6.07, 6.45) is 1.14. The normalized spacial score (nSPS) is 10.8. The molecule has 0 atom stereocenters. The maximum atomic E-state index is 9.09. The zero-order valence-electron chi connectivity index (χ0n) is 15.1. The van der Waals surface area contributed by atoms with E-state index in [-0.39, 0.29) is 78.0 Å². The number of aliphatic hydroxyl groups is 1. The number of rotatable bonds is 0. The van der Waals surface area contributed by atoms with Crippen molar-refractivity contribution in [2.24, 2.45) is 5.41 Å². The van der Waals surface area contributed by atoms with E-state index in [0.29, 0.717) is 6.47 Å². The summed E-state index contributed by atoms with van der Waals surface area (Å²) in [4.78, 5) is 8.24. The Morgan fingerprint density at radius 3 is 1.57 bits per heavy atom. The Labute approximate surface area is 242 Å². The van der Waals surface area contributed by atoms with Gasteiger partial charge in [0.2, 0.25) is 9.23 Å². The third kappa shape index (κ3) is 56.8. The molecule has 6 nitrogen and oxygen atoms in total. The summed E-state index contributed by atoms with van der Waals surface area (Å²) in [5.41, 5.74) is 0.253. The second kappa shape index (κ2) is 47.5. The maximum Gasteiger partial charge on any atom is 2.00 e. The summed E-state index contributed by atoms with van der Waals surface area (Å²) in [6.45, 7) is 5.81. The zero-order valence-corrected chi connectivity index (χ0v) is 28.8. The topological polar surface area (TPSA) is 86.8 Å². The Kier molecular flexibility index (Phi) is 97.6. The molecule has 2 N–H and O–H groups in total. The Balaban J connectivity index is -0.0000000249. The van der Waals surface area contributed by atoms with Crippen LogP contribution in [0.2, 0.25) is 0 Å². The van der Waals surface area contributed by atoms with Crippen LogP contribution in [-0.2, 0) is 60.9 Å². The molecule has 0 bridgehead atoms. The molecule has 15 heteroatoms. The van der Waals surface area contributed by atoms with Gasteiger partial charge in [0.1, 0.15) is 20.2 Å². The van der Waals surface area contributed by atoms with Crippen molar-refractivity contribution in [3.8, 4) is 0 Å². The predicted molar refractivity (Wildman–Crippen MR) is 118 cm³/mol. The molecule has 0 aromatic heterocycles. The van der Waals surface area contributed by atoms with Crippen LogP contribution in [0.1, 0.15) is 27.7 Å². The first kappa shape index (κ1) is 57.5. The Morgan fingerprint density at radius 1 is 1.29 bits per heavy atom. The van der Waals surface area contributed by atoms with Gasteiger partial charge in [0.15, 0.2) is 0 Å². The third-order valence-electron chi connectivity index (χ3n) is 1.95. The minimum absolute atomic E-state index is 0. The molecule has 1 aliphatic rings. The van der Waals surface area contributed by atoms with Crippen molar-refractivity contribution in [1.29, 1.82) is 0 Å². The molecular formula is C13H28Br3Cl3NO5SW2-. The van der Waals surface area contributed by atoms with Crippen LogP contribution in [0.3, 0.4) is 0 Å². The van der Waals surface area contributed by atoms with Gasteiger partial charge in [-0.1, -0.05) is 25.5 Å². The average Bonchev–Trinajstić information content (AvgIpc) is 2.84. The van der Waals surface area contributed by atoms with Gasteiger partial charge in [-0.05, 0) is 13.8 Å². The first-order chi connectivity index (χ1) is 11.1. The predicted octanol–water partition coefficient (Wildman–Crippen LogP) is 1.91. The van der Waals surface area contributed by atoms with E-state index in [4.69, 9.17) is 24.0 Å². The van der Waals surface area contributed by atoms with Crippen LogP contribution < -0.4 is 17.0 Å². The Bertz CT molecular complexity index is 332. The number of alkyl halides is 1. The molecule has 0 aliphatic carbocycles. The van der Waals surface area contributed by atoms with E-state index >= 15 is 0 Å². The molecule has 0 saturated carbocycles. The standard InChI is InChI=1S/C8H16NO.2CH2Br.CH3ClO.CHO2.CH4.BrH.Cl2OS.2W/c1-8(2)5-6-10-7(8)9(3)4;2*1-2;2*2-1-3;;;1-4(2)3;;/h5-6H2,1-4H3;2*1H2;3H,1H2;(H,2,3);1H4;1H;;;/q+1;2*-1;;-1;;;;;+2/p-1. The van der Waals surface area contributed by atoms with Crippen LogP contribution in [0.15, 0.2) is 0 Å². The first-order valence-corrected chi connectivity index (χ1v) is 11.3. The van der Waals surface area contributed by atoms with Crippen LogP contribution >= 0.6 is 64.8 Å². The molecule has 1 saturated heterocycles. The van der Waals surface area contributed by atoms with Gasteiger partial charge in [0, 0.05) is 48.9 Å². The van der Waals surface area contributed by atoms with Crippen LogP contribution in [0.4, 0.5) is 0 Å². The van der Waals surface area contributed by atoms with Gasteiger partial charge in [0.25, 0.3) is 0 Å². The number of hydrogen-bond acceptors (Lipinski definition) is 4. The molecule has 0 unspecified atom stereocenters. The van der Waals surface area contributed by atoms with E-state index in [2.05, 4.69) is 94.9 Å². The summed E-state index contributed by atoms with van der Waals surface area (Å²) < 4.78 is 16.6. The number of hydrogen-bond donors (Lipinski definition) is 2. The van der Waals surface area contributed by atoms with Crippen LogP contribution in [-0.4, -0.2) is 58.1 Å². The summed E-state index contributed by atoms with van der Waals surface area (Å²) in [7, 11) is 11.4. The fraction of sp³-hybridized carbons (Fsp3) is 0.692. The van der Waals surface area contributed by atoms with E-state index in [9.17, 15) is 0 Å². The Hall–Kier alpha value is 2.74. The smallest absolute Gasteiger partial charge is 1.00 e. The largest absolute Gasteiger partial charge is 2.00 e. The van der Waals surface area contributed by atoms with Gasteiger partial charge in [0.05, 0.1) is 12.0 Å². The molecule has 0 spiro atoms. The fourth-order valence-corrected chi connectivity index (χ4v) is 1.44. The summed E-state index contributed by atoms with van der Waals surface area (Å²) in [6, 6.07) is -0.278. The van der Waals surface area contributed by atoms with Crippen molar-refractivity contribution in [3.05, 3.63) is 11.7 Å². The van der Waals surface area contributed by atoms with E-state index in [0.717, 1.165) is 18.9 Å². The third-order valence-corrected chi connectivity index (χ3v) is 1.95. The number of aliphatic hydroxyl groups excluding tert-OH is 2. The van der Waals surface area contributed by atoms with Crippen molar-refractivity contribution < 1.29 is 87.6 Å². The Morgan fingerprint density at radius 2 is 1.50 bits per heavy atom. The van der Waals surface area contributed by atoms with Gasteiger partial charge >= 0.3 is 27.0 Å². The second-order valence-corrected chi connectivity index (χ2v) is 6.84. The van der Waals surface area contributed by atoms with Crippen molar-refractivity contribution in [2.45, 2.75) is 27.7 Å². The van der Waals surface area contributed by atoms with Gasteiger partial charge in [-0.2, -0.15) is 0 Å². The SMILES string of the molecule is C.C[N+](C)=C1OCCC1(C)C.O=S(Cl)Cl.O=[C-]O.OCCl.[Br-].[CH2-]Br.[CH2-]Br.[W+2].[W]. The van der Waals surface area contributed by atoms with E-state index < -0.39 is 9.23 Å². The van der Waals surface area contributed by atoms with Crippen LogP contribution in [0.25, 0.3) is 0 Å². The van der Waals surface area contributed by atoms with Crippen molar-refractivity contribution in [1.82, 2.24) is 0 Å². The maximum absolute atomic E-state index is 9.09.